The van der Waals surface area contributed by atoms with Gasteiger partial charge in [0.2, 0.25) is 0 Å². The lowest BCUT2D eigenvalue weighted by Gasteiger charge is -2.28. The Morgan fingerprint density at radius 1 is 0.169 bits per heavy atom. The molecule has 0 bridgehead atoms. The standard InChI is InChI=1S/C72H140O4Si/c1-5-9-13-17-21-25-29-33-37-41-45-49-53-57-61-65-69-73-77(74-70-66-62-58-54-50-46-42-38-34-30-26-22-18-14-10-6-2,75-71-67-63-59-55-51-47-43-39-35-31-27-23-19-15-11-7-3)76-72-68-64-60-56-52-48-44-40-36-32-28-24-20-16-12-8-4/h33-40H,5-32,41-72H2,1-4H3/b37-33+,38-34+,39-35+,40-36+. The first kappa shape index (κ1) is 76.0. The van der Waals surface area contributed by atoms with Gasteiger partial charge in [0.15, 0.2) is 0 Å². The highest BCUT2D eigenvalue weighted by Crippen LogP contribution is 2.20. The summed E-state index contributed by atoms with van der Waals surface area (Å²) in [6, 6.07) is 0. The van der Waals surface area contributed by atoms with Crippen LogP contribution in [0.2, 0.25) is 0 Å². The summed E-state index contributed by atoms with van der Waals surface area (Å²) in [7, 11) is -3.26. The molecule has 4 nitrogen and oxygen atoms in total. The third-order valence-electron chi connectivity index (χ3n) is 15.7. The molecule has 0 aromatic rings. The Morgan fingerprint density at radius 3 is 0.455 bits per heavy atom. The van der Waals surface area contributed by atoms with Gasteiger partial charge in [0.25, 0.3) is 0 Å². The molecule has 0 aliphatic carbocycles. The lowest BCUT2D eigenvalue weighted by Crippen LogP contribution is -2.50. The second-order valence-corrected chi connectivity index (χ2v) is 25.8. The molecule has 0 atom stereocenters. The molecule has 0 aromatic heterocycles. The van der Waals surface area contributed by atoms with Crippen LogP contribution in [0.4, 0.5) is 0 Å². The molecule has 456 valence electrons. The largest absolute Gasteiger partial charge is 0.679 e. The highest BCUT2D eigenvalue weighted by Gasteiger charge is 2.45. The molecular formula is C72H140O4Si. The van der Waals surface area contributed by atoms with Gasteiger partial charge in [-0.1, -0.05) is 307 Å². The molecule has 0 spiro atoms. The van der Waals surface area contributed by atoms with Crippen LogP contribution in [0.5, 0.6) is 0 Å². The van der Waals surface area contributed by atoms with Crippen molar-refractivity contribution < 1.29 is 17.7 Å². The summed E-state index contributed by atoms with van der Waals surface area (Å²) < 4.78 is 27.1. The number of hydrogen-bond acceptors (Lipinski definition) is 4. The first-order valence-electron chi connectivity index (χ1n) is 35.4. The Balaban J connectivity index is 5.09. The molecule has 0 saturated carbocycles. The van der Waals surface area contributed by atoms with E-state index in [1.807, 2.05) is 0 Å². The van der Waals surface area contributed by atoms with Crippen molar-refractivity contribution in [1.29, 1.82) is 0 Å². The van der Waals surface area contributed by atoms with Crippen LogP contribution in [0.25, 0.3) is 0 Å². The zero-order valence-electron chi connectivity index (χ0n) is 53.2. The molecule has 0 fully saturated rings. The Bertz CT molecular complexity index is 999. The van der Waals surface area contributed by atoms with Gasteiger partial charge in [0.1, 0.15) is 0 Å². The highest BCUT2D eigenvalue weighted by atomic mass is 28.4. The molecule has 0 saturated heterocycles. The minimum atomic E-state index is -3.26. The van der Waals surface area contributed by atoms with Gasteiger partial charge in [-0.3, -0.25) is 0 Å². The maximum absolute atomic E-state index is 6.78. The summed E-state index contributed by atoms with van der Waals surface area (Å²) in [6.07, 6.45) is 92.9. The zero-order chi connectivity index (χ0) is 55.4. The van der Waals surface area contributed by atoms with E-state index in [0.717, 1.165) is 25.7 Å². The van der Waals surface area contributed by atoms with Crippen molar-refractivity contribution in [3.63, 3.8) is 0 Å². The van der Waals surface area contributed by atoms with Crippen LogP contribution < -0.4 is 0 Å². The van der Waals surface area contributed by atoms with Gasteiger partial charge in [-0.25, -0.2) is 0 Å². The molecule has 0 heterocycles. The second kappa shape index (κ2) is 69.3. The van der Waals surface area contributed by atoms with Crippen molar-refractivity contribution >= 4 is 9.05 Å². The summed E-state index contributed by atoms with van der Waals surface area (Å²) in [5.41, 5.74) is 0. The maximum Gasteiger partial charge on any atom is 0.679 e. The topological polar surface area (TPSA) is 36.9 Å². The fraction of sp³-hybridized carbons (Fsp3) is 0.889. The van der Waals surface area contributed by atoms with Gasteiger partial charge in [-0.05, 0) is 128 Å². The lowest BCUT2D eigenvalue weighted by molar-refractivity contribution is -0.0375. The highest BCUT2D eigenvalue weighted by molar-refractivity contribution is 6.53. The Hall–Kier alpha value is -0.983. The van der Waals surface area contributed by atoms with Crippen molar-refractivity contribution in [2.45, 2.75) is 387 Å². The van der Waals surface area contributed by atoms with Gasteiger partial charge in [-0.2, -0.15) is 0 Å². The van der Waals surface area contributed by atoms with Crippen molar-refractivity contribution in [3.8, 4) is 0 Å². The summed E-state index contributed by atoms with van der Waals surface area (Å²) >= 11 is 0. The molecule has 0 N–H and O–H groups in total. The SMILES string of the molecule is CCCCCCCC/C=C/CCCCCCCCO[Si](OCCCCCCCC/C=C/CCCCCCCC)(OCCCCCCCC/C=C/CCCCCCCC)OCCCCCCCC/C=C/CCCCCCCC. The van der Waals surface area contributed by atoms with Crippen molar-refractivity contribution in [2.24, 2.45) is 0 Å². The fourth-order valence-electron chi connectivity index (χ4n) is 10.4. The number of unbranched alkanes of at least 4 members (excludes halogenated alkanes) is 48. The summed E-state index contributed by atoms with van der Waals surface area (Å²) in [6.45, 7) is 11.9. The van der Waals surface area contributed by atoms with E-state index in [2.05, 4.69) is 76.3 Å². The molecule has 0 rings (SSSR count). The molecule has 77 heavy (non-hydrogen) atoms. The van der Waals surface area contributed by atoms with Crippen molar-refractivity contribution in [1.82, 2.24) is 0 Å². The molecule has 5 heteroatoms. The third-order valence-corrected chi connectivity index (χ3v) is 18.0. The Morgan fingerprint density at radius 2 is 0.299 bits per heavy atom. The van der Waals surface area contributed by atoms with Gasteiger partial charge in [0, 0.05) is 26.4 Å². The van der Waals surface area contributed by atoms with Crippen LogP contribution >= 0.6 is 0 Å². The molecule has 0 radical (unpaired) electrons. The zero-order valence-corrected chi connectivity index (χ0v) is 54.2. The Labute approximate surface area is 486 Å². The second-order valence-electron chi connectivity index (χ2n) is 23.6. The smallest absolute Gasteiger partial charge is 0.351 e. The van der Waals surface area contributed by atoms with E-state index in [1.165, 1.54) is 334 Å². The Kier molecular flexibility index (Phi) is 68.4. The maximum atomic E-state index is 6.78. The molecule has 0 amide bonds. The van der Waals surface area contributed by atoms with Gasteiger partial charge in [-0.15, -0.1) is 0 Å². The first-order chi connectivity index (χ1) is 38.2. The van der Waals surface area contributed by atoms with E-state index < -0.39 is 9.05 Å². The minimum absolute atomic E-state index is 0.682. The number of hydrogen-bond donors (Lipinski definition) is 0. The van der Waals surface area contributed by atoms with Crippen LogP contribution in [0.1, 0.15) is 387 Å². The summed E-state index contributed by atoms with van der Waals surface area (Å²) in [5, 5.41) is 0. The normalized spacial score (nSPS) is 12.4. The predicted octanol–water partition coefficient (Wildman–Crippen LogP) is 25.6. The van der Waals surface area contributed by atoms with Crippen LogP contribution in [0.15, 0.2) is 48.6 Å². The van der Waals surface area contributed by atoms with E-state index in [1.54, 1.807) is 0 Å². The summed E-state index contributed by atoms with van der Waals surface area (Å²) in [5.74, 6) is 0. The minimum Gasteiger partial charge on any atom is -0.351 e. The molecular weight excluding hydrogens is 957 g/mol. The van der Waals surface area contributed by atoms with Crippen LogP contribution in [-0.2, 0) is 17.7 Å². The van der Waals surface area contributed by atoms with Crippen LogP contribution in [-0.4, -0.2) is 35.5 Å². The van der Waals surface area contributed by atoms with E-state index in [0.29, 0.717) is 26.4 Å². The van der Waals surface area contributed by atoms with Crippen LogP contribution in [0, 0.1) is 0 Å². The lowest BCUT2D eigenvalue weighted by atomic mass is 10.1. The van der Waals surface area contributed by atoms with Crippen molar-refractivity contribution in [3.05, 3.63) is 48.6 Å². The van der Waals surface area contributed by atoms with E-state index in [4.69, 9.17) is 17.7 Å². The molecule has 0 unspecified atom stereocenters. The molecule has 0 aromatic carbocycles. The first-order valence-corrected chi connectivity index (χ1v) is 37.0. The fourth-order valence-corrected chi connectivity index (χ4v) is 12.5. The van der Waals surface area contributed by atoms with Gasteiger partial charge >= 0.3 is 9.05 Å². The monoisotopic (exact) mass is 1100 g/mol. The average Bonchev–Trinajstić information content (AvgIpc) is 3.44. The van der Waals surface area contributed by atoms with Crippen molar-refractivity contribution in [2.75, 3.05) is 26.4 Å². The van der Waals surface area contributed by atoms with Gasteiger partial charge in [0.05, 0.1) is 0 Å². The number of rotatable bonds is 68. The van der Waals surface area contributed by atoms with Crippen LogP contribution in [0.3, 0.4) is 0 Å². The molecule has 0 aliphatic rings. The molecule has 0 aliphatic heterocycles. The third kappa shape index (κ3) is 64.1. The average molecular weight is 1100 g/mol. The summed E-state index contributed by atoms with van der Waals surface area (Å²) in [4.78, 5) is 0. The number of allylic oxidation sites excluding steroid dienone is 8. The van der Waals surface area contributed by atoms with E-state index in [-0.39, 0.29) is 0 Å². The van der Waals surface area contributed by atoms with E-state index in [9.17, 15) is 0 Å². The quantitative estimate of drug-likeness (QED) is 0.0346. The van der Waals surface area contributed by atoms with E-state index >= 15 is 0 Å². The predicted molar refractivity (Wildman–Crippen MR) is 347 cm³/mol. The van der Waals surface area contributed by atoms with Gasteiger partial charge < -0.3 is 17.7 Å².